The van der Waals surface area contributed by atoms with Gasteiger partial charge in [-0.25, -0.2) is 13.2 Å². The predicted molar refractivity (Wildman–Crippen MR) is 90.6 cm³/mol. The predicted octanol–water partition coefficient (Wildman–Crippen LogP) is 0.580. The molecule has 1 heterocycles. The maximum absolute atomic E-state index is 12.4. The Balaban J connectivity index is 1.97. The second-order valence-corrected chi connectivity index (χ2v) is 7.87. The van der Waals surface area contributed by atoms with Gasteiger partial charge >= 0.3 is 5.97 Å². The molecule has 2 rings (SSSR count). The Morgan fingerprint density at radius 3 is 2.80 bits per heavy atom. The van der Waals surface area contributed by atoms with E-state index in [1.54, 1.807) is 24.3 Å². The zero-order chi connectivity index (χ0) is 18.4. The molecule has 9 heteroatoms. The summed E-state index contributed by atoms with van der Waals surface area (Å²) in [5.41, 5.74) is 0.734. The van der Waals surface area contributed by atoms with Crippen LogP contribution < -0.4 is 10.1 Å². The van der Waals surface area contributed by atoms with E-state index < -0.39 is 28.6 Å². The van der Waals surface area contributed by atoms with Crippen LogP contribution in [0.3, 0.4) is 0 Å². The molecular weight excluding hydrogens is 348 g/mol. The SMILES string of the molecule is CS(=O)(=O)N1CCCCC1C(=O)NCc1cccc(OCC(=O)O)c1. The molecule has 1 aromatic rings. The van der Waals surface area contributed by atoms with E-state index in [9.17, 15) is 18.0 Å². The molecule has 0 aromatic heterocycles. The van der Waals surface area contributed by atoms with E-state index in [4.69, 9.17) is 9.84 Å². The number of piperidine rings is 1. The fourth-order valence-electron chi connectivity index (χ4n) is 2.76. The number of aliphatic carboxylic acids is 1. The fourth-order valence-corrected chi connectivity index (χ4v) is 3.89. The summed E-state index contributed by atoms with van der Waals surface area (Å²) in [6, 6.07) is 6.04. The number of ether oxygens (including phenoxy) is 1. The number of carboxylic acids is 1. The largest absolute Gasteiger partial charge is 0.482 e. The number of carboxylic acid groups (broad SMARTS) is 1. The number of carbonyl (C=O) groups excluding carboxylic acids is 1. The quantitative estimate of drug-likeness (QED) is 0.726. The molecule has 138 valence electrons. The van der Waals surface area contributed by atoms with Crippen molar-refractivity contribution in [3.63, 3.8) is 0 Å². The number of hydrogen-bond acceptors (Lipinski definition) is 5. The van der Waals surface area contributed by atoms with Crippen molar-refractivity contribution in [3.05, 3.63) is 29.8 Å². The fraction of sp³-hybridized carbons (Fsp3) is 0.500. The van der Waals surface area contributed by atoms with E-state index in [-0.39, 0.29) is 12.5 Å². The van der Waals surface area contributed by atoms with Crippen molar-refractivity contribution < 1.29 is 27.9 Å². The third kappa shape index (κ3) is 5.71. The van der Waals surface area contributed by atoms with E-state index in [1.807, 2.05) is 0 Å². The first-order valence-electron chi connectivity index (χ1n) is 7.95. The van der Waals surface area contributed by atoms with Gasteiger partial charge in [0.15, 0.2) is 6.61 Å². The number of benzene rings is 1. The van der Waals surface area contributed by atoms with Crippen LogP contribution in [0, 0.1) is 0 Å². The first kappa shape index (κ1) is 19.2. The lowest BCUT2D eigenvalue weighted by Gasteiger charge is -2.32. The van der Waals surface area contributed by atoms with Crippen molar-refractivity contribution in [3.8, 4) is 5.75 Å². The maximum Gasteiger partial charge on any atom is 0.341 e. The van der Waals surface area contributed by atoms with Gasteiger partial charge in [0.25, 0.3) is 0 Å². The Morgan fingerprint density at radius 1 is 1.36 bits per heavy atom. The number of rotatable bonds is 7. The van der Waals surface area contributed by atoms with E-state index in [0.29, 0.717) is 18.7 Å². The van der Waals surface area contributed by atoms with Crippen LogP contribution >= 0.6 is 0 Å². The molecule has 1 amide bonds. The van der Waals surface area contributed by atoms with E-state index in [0.717, 1.165) is 24.7 Å². The Hall–Kier alpha value is -2.13. The lowest BCUT2D eigenvalue weighted by Crippen LogP contribution is -2.51. The first-order chi connectivity index (χ1) is 11.8. The second kappa shape index (κ2) is 8.30. The molecule has 0 saturated carbocycles. The standard InChI is InChI=1S/C16H22N2O6S/c1-25(22,23)18-8-3-2-7-14(18)16(21)17-10-12-5-4-6-13(9-12)24-11-15(19)20/h4-6,9,14H,2-3,7-8,10-11H2,1H3,(H,17,21)(H,19,20). The molecule has 0 spiro atoms. The molecule has 2 N–H and O–H groups in total. The summed E-state index contributed by atoms with van der Waals surface area (Å²) < 4.78 is 30.0. The molecule has 1 unspecified atom stereocenters. The monoisotopic (exact) mass is 370 g/mol. The highest BCUT2D eigenvalue weighted by Gasteiger charge is 2.34. The molecule has 8 nitrogen and oxygen atoms in total. The van der Waals surface area contributed by atoms with Gasteiger partial charge in [-0.2, -0.15) is 4.31 Å². The van der Waals surface area contributed by atoms with Crippen LogP contribution in [0.5, 0.6) is 5.75 Å². The van der Waals surface area contributed by atoms with Crippen molar-refractivity contribution >= 4 is 21.9 Å². The van der Waals surface area contributed by atoms with Gasteiger partial charge in [-0.15, -0.1) is 0 Å². The van der Waals surface area contributed by atoms with Gasteiger partial charge in [0, 0.05) is 13.1 Å². The minimum Gasteiger partial charge on any atom is -0.482 e. The topological polar surface area (TPSA) is 113 Å². The highest BCUT2D eigenvalue weighted by atomic mass is 32.2. The van der Waals surface area contributed by atoms with Gasteiger partial charge in [0.1, 0.15) is 11.8 Å². The summed E-state index contributed by atoms with van der Waals surface area (Å²) in [5, 5.41) is 11.4. The third-order valence-electron chi connectivity index (χ3n) is 3.91. The minimum atomic E-state index is -3.43. The number of carbonyl (C=O) groups is 2. The average molecular weight is 370 g/mol. The molecule has 1 aliphatic rings. The highest BCUT2D eigenvalue weighted by Crippen LogP contribution is 2.20. The molecule has 0 aliphatic carbocycles. The van der Waals surface area contributed by atoms with Crippen LogP contribution in [0.2, 0.25) is 0 Å². The van der Waals surface area contributed by atoms with Gasteiger partial charge in [-0.3, -0.25) is 4.79 Å². The molecule has 0 radical (unpaired) electrons. The van der Waals surface area contributed by atoms with Gasteiger partial charge in [0.2, 0.25) is 15.9 Å². The highest BCUT2D eigenvalue weighted by molar-refractivity contribution is 7.88. The number of hydrogen-bond donors (Lipinski definition) is 2. The van der Waals surface area contributed by atoms with Crippen LogP contribution in [-0.4, -0.2) is 55.2 Å². The zero-order valence-corrected chi connectivity index (χ0v) is 14.8. The average Bonchev–Trinajstić information content (AvgIpc) is 2.57. The van der Waals surface area contributed by atoms with E-state index in [2.05, 4.69) is 5.32 Å². The van der Waals surface area contributed by atoms with E-state index >= 15 is 0 Å². The van der Waals surface area contributed by atoms with Gasteiger partial charge in [-0.05, 0) is 30.5 Å². The van der Waals surface area contributed by atoms with Crippen molar-refractivity contribution in [1.82, 2.24) is 9.62 Å². The Kier molecular flexibility index (Phi) is 6.38. The molecule has 25 heavy (non-hydrogen) atoms. The van der Waals surface area contributed by atoms with Gasteiger partial charge in [0.05, 0.1) is 6.26 Å². The second-order valence-electron chi connectivity index (χ2n) is 5.93. The lowest BCUT2D eigenvalue weighted by molar-refractivity contribution is -0.139. The van der Waals surface area contributed by atoms with Crippen LogP contribution in [0.25, 0.3) is 0 Å². The van der Waals surface area contributed by atoms with Crippen LogP contribution in [-0.2, 0) is 26.2 Å². The summed E-state index contributed by atoms with van der Waals surface area (Å²) in [6.07, 6.45) is 3.17. The summed E-state index contributed by atoms with van der Waals surface area (Å²) in [6.45, 7) is 0.119. The molecule has 1 aromatic carbocycles. The van der Waals surface area contributed by atoms with Gasteiger partial charge in [-0.1, -0.05) is 18.6 Å². The molecule has 1 atom stereocenters. The van der Waals surface area contributed by atoms with Crippen molar-refractivity contribution in [2.24, 2.45) is 0 Å². The lowest BCUT2D eigenvalue weighted by atomic mass is 10.0. The summed E-state index contributed by atoms with van der Waals surface area (Å²) in [7, 11) is -3.43. The molecular formula is C16H22N2O6S. The smallest absolute Gasteiger partial charge is 0.341 e. The third-order valence-corrected chi connectivity index (χ3v) is 5.20. The van der Waals surface area contributed by atoms with E-state index in [1.165, 1.54) is 4.31 Å². The Morgan fingerprint density at radius 2 is 2.12 bits per heavy atom. The van der Waals surface area contributed by atoms with Crippen molar-refractivity contribution in [2.45, 2.75) is 31.8 Å². The van der Waals surface area contributed by atoms with Crippen LogP contribution in [0.4, 0.5) is 0 Å². The Bertz CT molecular complexity index is 734. The van der Waals surface area contributed by atoms with Crippen LogP contribution in [0.1, 0.15) is 24.8 Å². The van der Waals surface area contributed by atoms with Gasteiger partial charge < -0.3 is 15.2 Å². The molecule has 1 fully saturated rings. The normalized spacial score (nSPS) is 18.5. The van der Waals surface area contributed by atoms with Crippen LogP contribution in [0.15, 0.2) is 24.3 Å². The molecule has 0 bridgehead atoms. The zero-order valence-electron chi connectivity index (χ0n) is 14.0. The van der Waals surface area contributed by atoms with Crippen molar-refractivity contribution in [2.75, 3.05) is 19.4 Å². The summed E-state index contributed by atoms with van der Waals surface area (Å²) in [5.74, 6) is -1.01. The first-order valence-corrected chi connectivity index (χ1v) is 9.80. The number of sulfonamides is 1. The van der Waals surface area contributed by atoms with Crippen molar-refractivity contribution in [1.29, 1.82) is 0 Å². The number of amides is 1. The minimum absolute atomic E-state index is 0.206. The summed E-state index contributed by atoms with van der Waals surface area (Å²) in [4.78, 5) is 22.9. The maximum atomic E-state index is 12.4. The molecule has 1 saturated heterocycles. The number of nitrogens with zero attached hydrogens (tertiary/aromatic N) is 1. The molecule has 1 aliphatic heterocycles. The summed E-state index contributed by atoms with van der Waals surface area (Å²) >= 11 is 0. The number of nitrogens with one attached hydrogen (secondary N) is 1. The Labute approximate surface area is 146 Å².